The highest BCUT2D eigenvalue weighted by Gasteiger charge is 2.68. The van der Waals surface area contributed by atoms with Crippen molar-refractivity contribution in [2.45, 2.75) is 12.8 Å². The van der Waals surface area contributed by atoms with Crippen molar-refractivity contribution in [1.29, 1.82) is 0 Å². The first-order valence-corrected chi connectivity index (χ1v) is 5.85. The SMILES string of the molecule is ClC1=C/C(=C2\C3CC4C(C3)C24)[CH+]C=C1. The van der Waals surface area contributed by atoms with Crippen LogP contribution in [0.2, 0.25) is 0 Å². The maximum atomic E-state index is 6.03. The molecule has 0 spiro atoms. The first kappa shape index (κ1) is 7.64. The topological polar surface area (TPSA) is 0 Å². The van der Waals surface area contributed by atoms with E-state index >= 15 is 0 Å². The minimum Gasteiger partial charge on any atom is -0.0604 e. The fraction of sp³-hybridized carbons (Fsp3) is 0.462. The highest BCUT2D eigenvalue weighted by molar-refractivity contribution is 6.31. The van der Waals surface area contributed by atoms with Gasteiger partial charge < -0.3 is 0 Å². The normalized spacial score (nSPS) is 51.9. The zero-order valence-electron chi connectivity index (χ0n) is 7.91. The summed E-state index contributed by atoms with van der Waals surface area (Å²) in [5, 5.41) is 0.885. The standard InChI is InChI=1S/C13H12Cl/c14-9-3-1-2-7(4-9)12-8-5-10-11(6-8)13(10)12/h1-4,8,10-11,13H,5-6H2/q+1/b12-7+. The third-order valence-corrected chi connectivity index (χ3v) is 4.64. The molecular weight excluding hydrogens is 192 g/mol. The lowest BCUT2D eigenvalue weighted by Crippen LogP contribution is -1.97. The second-order valence-electron chi connectivity index (χ2n) is 4.99. The zero-order chi connectivity index (χ0) is 9.28. The Labute approximate surface area is 89.3 Å². The Hall–Kier alpha value is -0.620. The van der Waals surface area contributed by atoms with Crippen molar-refractivity contribution in [1.82, 2.24) is 0 Å². The number of hydrogen-bond donors (Lipinski definition) is 0. The molecule has 0 amide bonds. The maximum Gasteiger partial charge on any atom is 0.124 e. The van der Waals surface area contributed by atoms with E-state index in [1.165, 1.54) is 18.4 Å². The van der Waals surface area contributed by atoms with Crippen molar-refractivity contribution >= 4 is 11.6 Å². The quantitative estimate of drug-likeness (QED) is 0.529. The van der Waals surface area contributed by atoms with Crippen LogP contribution in [0.1, 0.15) is 12.8 Å². The lowest BCUT2D eigenvalue weighted by Gasteiger charge is -2.05. The van der Waals surface area contributed by atoms with Gasteiger partial charge in [0.2, 0.25) is 0 Å². The van der Waals surface area contributed by atoms with Gasteiger partial charge in [0.05, 0.1) is 11.6 Å². The molecule has 70 valence electrons. The molecule has 0 saturated heterocycles. The first-order valence-electron chi connectivity index (χ1n) is 5.47. The second-order valence-corrected chi connectivity index (χ2v) is 5.42. The third-order valence-electron chi connectivity index (χ3n) is 4.40. The monoisotopic (exact) mass is 203 g/mol. The van der Waals surface area contributed by atoms with E-state index in [0.717, 1.165) is 28.7 Å². The van der Waals surface area contributed by atoms with Gasteiger partial charge in [-0.05, 0) is 24.7 Å². The fourth-order valence-corrected chi connectivity index (χ4v) is 4.11. The number of halogens is 1. The van der Waals surface area contributed by atoms with E-state index < -0.39 is 0 Å². The molecular formula is C13H12Cl+. The molecule has 14 heavy (non-hydrogen) atoms. The number of hydrogen-bond acceptors (Lipinski definition) is 0. The van der Waals surface area contributed by atoms with Crippen LogP contribution in [-0.2, 0) is 0 Å². The fourth-order valence-electron chi connectivity index (χ4n) is 3.92. The molecule has 0 heterocycles. The molecule has 5 rings (SSSR count). The van der Waals surface area contributed by atoms with Gasteiger partial charge in [-0.3, -0.25) is 0 Å². The van der Waals surface area contributed by atoms with Crippen LogP contribution < -0.4 is 0 Å². The Morgan fingerprint density at radius 2 is 2.07 bits per heavy atom. The van der Waals surface area contributed by atoms with Gasteiger partial charge in [0.15, 0.2) is 0 Å². The van der Waals surface area contributed by atoms with E-state index in [0.29, 0.717) is 0 Å². The zero-order valence-corrected chi connectivity index (χ0v) is 8.67. The van der Waals surface area contributed by atoms with Crippen LogP contribution in [0.3, 0.4) is 0 Å². The first-order chi connectivity index (χ1) is 6.84. The van der Waals surface area contributed by atoms with Gasteiger partial charge in [0, 0.05) is 36.0 Å². The van der Waals surface area contributed by atoms with Gasteiger partial charge in [0.1, 0.15) is 5.03 Å². The van der Waals surface area contributed by atoms with Crippen LogP contribution in [0.4, 0.5) is 0 Å². The Kier molecular flexibility index (Phi) is 1.26. The summed E-state index contributed by atoms with van der Waals surface area (Å²) in [6, 6.07) is 0. The summed E-state index contributed by atoms with van der Waals surface area (Å²) < 4.78 is 0. The number of allylic oxidation sites excluding steroid dienone is 6. The molecule has 2 atom stereocenters. The summed E-state index contributed by atoms with van der Waals surface area (Å²) in [7, 11) is 0. The molecule has 4 bridgehead atoms. The van der Waals surface area contributed by atoms with E-state index in [9.17, 15) is 0 Å². The molecule has 0 N–H and O–H groups in total. The van der Waals surface area contributed by atoms with E-state index in [2.05, 4.69) is 18.6 Å². The van der Waals surface area contributed by atoms with Gasteiger partial charge >= 0.3 is 0 Å². The minimum atomic E-state index is 0.885. The molecule has 5 aliphatic carbocycles. The lowest BCUT2D eigenvalue weighted by atomic mass is 9.95. The van der Waals surface area contributed by atoms with E-state index in [1.807, 2.05) is 6.08 Å². The third kappa shape index (κ3) is 0.791. The molecule has 0 nitrogen and oxygen atoms in total. The van der Waals surface area contributed by atoms with Gasteiger partial charge in [-0.2, -0.15) is 0 Å². The highest BCUT2D eigenvalue weighted by Crippen LogP contribution is 2.73. The lowest BCUT2D eigenvalue weighted by molar-refractivity contribution is 0.668. The van der Waals surface area contributed by atoms with Crippen LogP contribution in [0.25, 0.3) is 0 Å². The molecule has 1 heteroatoms. The van der Waals surface area contributed by atoms with Crippen molar-refractivity contribution < 1.29 is 0 Å². The van der Waals surface area contributed by atoms with E-state index in [1.54, 1.807) is 5.57 Å². The van der Waals surface area contributed by atoms with Crippen LogP contribution in [-0.4, -0.2) is 0 Å². The Bertz CT molecular complexity index is 383. The molecule has 0 aromatic carbocycles. The molecule has 0 aliphatic heterocycles. The van der Waals surface area contributed by atoms with Crippen molar-refractivity contribution in [2.75, 3.05) is 0 Å². The van der Waals surface area contributed by atoms with Crippen molar-refractivity contribution in [2.24, 2.45) is 23.7 Å². The Morgan fingerprint density at radius 3 is 2.64 bits per heavy atom. The van der Waals surface area contributed by atoms with Crippen LogP contribution in [0, 0.1) is 30.1 Å². The van der Waals surface area contributed by atoms with E-state index in [-0.39, 0.29) is 0 Å². The predicted octanol–water partition coefficient (Wildman–Crippen LogP) is 3.47. The van der Waals surface area contributed by atoms with Gasteiger partial charge in [-0.25, -0.2) is 0 Å². The van der Waals surface area contributed by atoms with Gasteiger partial charge in [-0.15, -0.1) is 0 Å². The molecule has 2 unspecified atom stereocenters. The molecule has 0 radical (unpaired) electrons. The molecule has 4 saturated carbocycles. The molecule has 5 aliphatic rings. The van der Waals surface area contributed by atoms with Crippen molar-refractivity contribution in [3.63, 3.8) is 0 Å². The van der Waals surface area contributed by atoms with Gasteiger partial charge in [0.25, 0.3) is 0 Å². The second kappa shape index (κ2) is 2.30. The summed E-state index contributed by atoms with van der Waals surface area (Å²) in [6.45, 7) is 0. The van der Waals surface area contributed by atoms with Gasteiger partial charge in [-0.1, -0.05) is 11.6 Å². The average Bonchev–Trinajstić information content (AvgIpc) is 2.62. The average molecular weight is 204 g/mol. The summed E-state index contributed by atoms with van der Waals surface area (Å²) in [5.41, 5.74) is 3.16. The van der Waals surface area contributed by atoms with Crippen molar-refractivity contribution in [3.05, 3.63) is 40.8 Å². The minimum absolute atomic E-state index is 0.885. The number of rotatable bonds is 0. The summed E-state index contributed by atoms with van der Waals surface area (Å²) in [4.78, 5) is 0. The molecule has 4 fully saturated rings. The molecule has 0 aromatic heterocycles. The van der Waals surface area contributed by atoms with Crippen LogP contribution in [0.15, 0.2) is 34.4 Å². The Morgan fingerprint density at radius 1 is 1.29 bits per heavy atom. The van der Waals surface area contributed by atoms with Crippen LogP contribution in [0.5, 0.6) is 0 Å². The van der Waals surface area contributed by atoms with Crippen molar-refractivity contribution in [3.8, 4) is 0 Å². The summed E-state index contributed by atoms with van der Waals surface area (Å²) >= 11 is 6.03. The predicted molar refractivity (Wildman–Crippen MR) is 57.6 cm³/mol. The highest BCUT2D eigenvalue weighted by atomic mass is 35.5. The smallest absolute Gasteiger partial charge is 0.0604 e. The van der Waals surface area contributed by atoms with Crippen LogP contribution >= 0.6 is 11.6 Å². The van der Waals surface area contributed by atoms with E-state index in [4.69, 9.17) is 11.6 Å². The molecule has 0 aromatic rings. The Balaban J connectivity index is 1.81. The maximum absolute atomic E-state index is 6.03. The summed E-state index contributed by atoms with van der Waals surface area (Å²) in [5.74, 6) is 4.00. The largest absolute Gasteiger partial charge is 0.124 e. The summed E-state index contributed by atoms with van der Waals surface area (Å²) in [6.07, 6.45) is 11.4.